The van der Waals surface area contributed by atoms with Crippen LogP contribution in [0.2, 0.25) is 5.02 Å². The van der Waals surface area contributed by atoms with Crippen LogP contribution in [-0.4, -0.2) is 77.6 Å². The Balaban J connectivity index is 1.12. The molecule has 0 radical (unpaired) electrons. The molecule has 0 unspecified atom stereocenters. The molecule has 0 atom stereocenters. The first kappa shape index (κ1) is 42.4. The molecule has 2 aliphatic heterocycles. The summed E-state index contributed by atoms with van der Waals surface area (Å²) in [6, 6.07) is 18.0. The molecule has 1 fully saturated rings. The SMILES string of the molecule is CCc1c(N2CCN(C(=O)c3ncnc(C)c3OCc3ccccc3)CC2)c(=O)n2nc(-c3ccc4c(c3)CC(C)(C)OC4)nc2n1CC(=O)Nc1ccc(C(F)(F)F)cc1Cl. The van der Waals surface area contributed by atoms with Crippen molar-refractivity contribution >= 4 is 40.6 Å². The Bertz CT molecular complexity index is 2750. The number of benzene rings is 3. The Kier molecular flexibility index (Phi) is 11.5. The first-order valence-corrected chi connectivity index (χ1v) is 20.5. The van der Waals surface area contributed by atoms with Crippen LogP contribution >= 0.6 is 11.6 Å². The Hall–Kier alpha value is -6.33. The number of piperazine rings is 1. The van der Waals surface area contributed by atoms with Crippen molar-refractivity contribution in [1.82, 2.24) is 34.0 Å². The maximum Gasteiger partial charge on any atom is 0.416 e. The minimum Gasteiger partial charge on any atom is -0.485 e. The summed E-state index contributed by atoms with van der Waals surface area (Å²) in [6.07, 6.45) is -2.36. The van der Waals surface area contributed by atoms with Crippen LogP contribution in [-0.2, 0) is 48.3 Å². The summed E-state index contributed by atoms with van der Waals surface area (Å²) in [5, 5.41) is 7.03. The van der Waals surface area contributed by atoms with E-state index in [1.165, 1.54) is 10.8 Å². The topological polar surface area (TPSA) is 149 Å². The highest BCUT2D eigenvalue weighted by Crippen LogP contribution is 2.35. The van der Waals surface area contributed by atoms with E-state index in [4.69, 9.17) is 31.2 Å². The number of hydrogen-bond acceptors (Lipinski definition) is 10. The zero-order valence-electron chi connectivity index (χ0n) is 34.4. The van der Waals surface area contributed by atoms with Crippen molar-refractivity contribution in [3.63, 3.8) is 0 Å². The summed E-state index contributed by atoms with van der Waals surface area (Å²) in [5.41, 5.74) is 3.26. The molecule has 0 saturated carbocycles. The molecule has 18 heteroatoms. The third-order valence-electron chi connectivity index (χ3n) is 11.0. The number of alkyl halides is 3. The predicted octanol–water partition coefficient (Wildman–Crippen LogP) is 6.92. The summed E-state index contributed by atoms with van der Waals surface area (Å²) in [7, 11) is 0. The van der Waals surface area contributed by atoms with Gasteiger partial charge in [-0.25, -0.2) is 9.97 Å². The third kappa shape index (κ3) is 8.59. The summed E-state index contributed by atoms with van der Waals surface area (Å²) in [6.45, 7) is 8.86. The molecular weight excluding hydrogens is 827 g/mol. The van der Waals surface area contributed by atoms with Crippen molar-refractivity contribution in [3.05, 3.63) is 128 Å². The molecule has 0 spiro atoms. The van der Waals surface area contributed by atoms with Gasteiger partial charge in [0.1, 0.15) is 25.2 Å². The summed E-state index contributed by atoms with van der Waals surface area (Å²) in [4.78, 5) is 59.3. The molecule has 0 aliphatic carbocycles. The van der Waals surface area contributed by atoms with Gasteiger partial charge in [-0.2, -0.15) is 22.7 Å². The van der Waals surface area contributed by atoms with Gasteiger partial charge in [-0.3, -0.25) is 14.4 Å². The molecule has 0 bridgehead atoms. The zero-order valence-corrected chi connectivity index (χ0v) is 35.2. The van der Waals surface area contributed by atoms with Gasteiger partial charge in [-0.05, 0) is 68.1 Å². The number of halogens is 4. The Labute approximate surface area is 359 Å². The lowest BCUT2D eigenvalue weighted by Crippen LogP contribution is -2.51. The number of aromatic nitrogens is 6. The highest BCUT2D eigenvalue weighted by atomic mass is 35.5. The second kappa shape index (κ2) is 16.9. The molecule has 1 N–H and O–H groups in total. The van der Waals surface area contributed by atoms with Crippen LogP contribution in [0.3, 0.4) is 0 Å². The number of fused-ring (bicyclic) bond motifs is 2. The van der Waals surface area contributed by atoms with Crippen molar-refractivity contribution in [2.45, 2.75) is 72.1 Å². The molecule has 2 amide bonds. The fourth-order valence-corrected chi connectivity index (χ4v) is 8.06. The maximum atomic E-state index is 14.6. The molecule has 2 aliphatic rings. The first-order chi connectivity index (χ1) is 29.6. The van der Waals surface area contributed by atoms with E-state index in [0.29, 0.717) is 35.7 Å². The number of carbonyl (C=O) groups is 2. The fourth-order valence-electron chi connectivity index (χ4n) is 7.83. The van der Waals surface area contributed by atoms with Crippen LogP contribution in [0.15, 0.2) is 77.9 Å². The number of ether oxygens (including phenoxy) is 2. The lowest BCUT2D eigenvalue weighted by atomic mass is 9.90. The van der Waals surface area contributed by atoms with E-state index in [2.05, 4.69) is 15.3 Å². The van der Waals surface area contributed by atoms with Crippen LogP contribution < -0.4 is 20.5 Å². The van der Waals surface area contributed by atoms with Gasteiger partial charge in [0, 0.05) is 38.2 Å². The number of amides is 2. The Morgan fingerprint density at radius 2 is 1.74 bits per heavy atom. The molecule has 62 heavy (non-hydrogen) atoms. The number of nitrogens with zero attached hydrogens (tertiary/aromatic N) is 8. The third-order valence-corrected chi connectivity index (χ3v) is 11.3. The largest absolute Gasteiger partial charge is 0.485 e. The Morgan fingerprint density at radius 3 is 2.45 bits per heavy atom. The Morgan fingerprint density at radius 1 is 0.984 bits per heavy atom. The normalized spacial score (nSPS) is 15.1. The van der Waals surface area contributed by atoms with Gasteiger partial charge in [-0.15, -0.1) is 5.10 Å². The monoisotopic (exact) mass is 869 g/mol. The number of nitrogens with one attached hydrogen (secondary N) is 1. The molecule has 8 rings (SSSR count). The van der Waals surface area contributed by atoms with Crippen molar-refractivity contribution in [2.75, 3.05) is 36.4 Å². The van der Waals surface area contributed by atoms with Crippen LogP contribution in [0, 0.1) is 6.92 Å². The summed E-state index contributed by atoms with van der Waals surface area (Å²) < 4.78 is 54.9. The second-order valence-corrected chi connectivity index (χ2v) is 16.2. The van der Waals surface area contributed by atoms with Gasteiger partial charge in [0.05, 0.1) is 39.9 Å². The quantitative estimate of drug-likeness (QED) is 0.154. The van der Waals surface area contributed by atoms with E-state index in [1.807, 2.05) is 74.2 Å². The van der Waals surface area contributed by atoms with Crippen molar-refractivity contribution in [1.29, 1.82) is 0 Å². The molecular formula is C44H43ClF3N9O5. The van der Waals surface area contributed by atoms with Crippen molar-refractivity contribution in [3.8, 4) is 17.1 Å². The summed E-state index contributed by atoms with van der Waals surface area (Å²) >= 11 is 6.21. The number of carbonyl (C=O) groups excluding carboxylic acids is 2. The standard InChI is InChI=1S/C44H43ClF3N9O5/c1-5-34-37(54-15-17-55(18-16-54)40(59)36-38(26(2)49-25-50-36)61-23-27-9-7-6-8-10-27)41(60)57-42(52-39(53-57)28-11-12-29-24-62-43(3,4)21-30(29)19-28)56(34)22-35(58)51-33-14-13-31(20-32(33)45)44(46,47)48/h6-14,19-20,25H,5,15-18,21-24H2,1-4H3,(H,51,58). The first-order valence-electron chi connectivity index (χ1n) is 20.1. The van der Waals surface area contributed by atoms with E-state index in [1.54, 1.807) is 16.4 Å². The predicted molar refractivity (Wildman–Crippen MR) is 225 cm³/mol. The zero-order chi connectivity index (χ0) is 43.9. The van der Waals surface area contributed by atoms with E-state index in [9.17, 15) is 27.6 Å². The number of hydrogen-bond donors (Lipinski definition) is 1. The number of anilines is 2. The fraction of sp³-hybridized carbons (Fsp3) is 0.341. The van der Waals surface area contributed by atoms with E-state index < -0.39 is 23.2 Å². The minimum absolute atomic E-state index is 0.0172. The van der Waals surface area contributed by atoms with Crippen molar-refractivity contribution < 1.29 is 32.2 Å². The van der Waals surface area contributed by atoms with Crippen LogP contribution in [0.25, 0.3) is 17.2 Å². The summed E-state index contributed by atoms with van der Waals surface area (Å²) in [5.74, 6) is -0.328. The molecule has 322 valence electrons. The average Bonchev–Trinajstić information content (AvgIpc) is 3.70. The van der Waals surface area contributed by atoms with Gasteiger partial charge >= 0.3 is 6.18 Å². The minimum atomic E-state index is -4.62. The van der Waals surface area contributed by atoms with Gasteiger partial charge in [-0.1, -0.05) is 61.0 Å². The van der Waals surface area contributed by atoms with Gasteiger partial charge in [0.2, 0.25) is 11.7 Å². The maximum absolute atomic E-state index is 14.6. The van der Waals surface area contributed by atoms with E-state index >= 15 is 0 Å². The smallest absolute Gasteiger partial charge is 0.416 e. The molecule has 1 saturated heterocycles. The van der Waals surface area contributed by atoms with Crippen LogP contribution in [0.4, 0.5) is 24.5 Å². The lowest BCUT2D eigenvalue weighted by Gasteiger charge is -2.36. The van der Waals surface area contributed by atoms with E-state index in [-0.39, 0.29) is 91.0 Å². The average molecular weight is 870 g/mol. The van der Waals surface area contributed by atoms with E-state index in [0.717, 1.165) is 34.9 Å². The van der Waals surface area contributed by atoms with Crippen LogP contribution in [0.5, 0.6) is 5.75 Å². The van der Waals surface area contributed by atoms with Crippen molar-refractivity contribution in [2.24, 2.45) is 0 Å². The van der Waals surface area contributed by atoms with Crippen LogP contribution in [0.1, 0.15) is 64.9 Å². The lowest BCUT2D eigenvalue weighted by molar-refractivity contribution is -0.137. The molecule has 6 aromatic rings. The van der Waals surface area contributed by atoms with Gasteiger partial charge in [0.25, 0.3) is 11.5 Å². The highest BCUT2D eigenvalue weighted by molar-refractivity contribution is 6.33. The molecule has 14 nitrogen and oxygen atoms in total. The number of rotatable bonds is 10. The number of aryl methyl sites for hydroxylation is 1. The molecule has 3 aromatic heterocycles. The van der Waals surface area contributed by atoms with Gasteiger partial charge < -0.3 is 29.2 Å². The molecule has 3 aromatic carbocycles. The second-order valence-electron chi connectivity index (χ2n) is 15.8. The molecule has 5 heterocycles. The van der Waals surface area contributed by atoms with Gasteiger partial charge in [0.15, 0.2) is 17.3 Å². The highest BCUT2D eigenvalue weighted by Gasteiger charge is 2.33.